The van der Waals surface area contributed by atoms with Gasteiger partial charge in [-0.3, -0.25) is 0 Å². The number of hydrogen-bond donors (Lipinski definition) is 2. The van der Waals surface area contributed by atoms with Crippen molar-refractivity contribution in [2.24, 2.45) is 11.5 Å². The van der Waals surface area contributed by atoms with E-state index in [4.69, 9.17) is 11.5 Å². The molecule has 0 aromatic carbocycles. The van der Waals surface area contributed by atoms with E-state index in [1.54, 1.807) is 21.6 Å². The van der Waals surface area contributed by atoms with Gasteiger partial charge in [0.15, 0.2) is 0 Å². The Morgan fingerprint density at radius 3 is 2.56 bits per heavy atom. The summed E-state index contributed by atoms with van der Waals surface area (Å²) in [4.78, 5) is 0. The van der Waals surface area contributed by atoms with E-state index in [0.717, 1.165) is 18.1 Å². The molecule has 4 N–H and O–H groups in total. The molecule has 0 aliphatic carbocycles. The van der Waals surface area contributed by atoms with Gasteiger partial charge in [-0.25, -0.2) is 0 Å². The lowest BCUT2D eigenvalue weighted by Gasteiger charge is -2.01. The molecule has 2 nitrogen and oxygen atoms in total. The lowest BCUT2D eigenvalue weighted by atomic mass is 10.0. The number of hydrogen-bond acceptors (Lipinski definition) is 4. The summed E-state index contributed by atoms with van der Waals surface area (Å²) in [6, 6.07) is 0. The maximum Gasteiger partial charge on any atom is 0.124 e. The van der Waals surface area contributed by atoms with Crippen LogP contribution in [0.4, 0.5) is 0 Å². The summed E-state index contributed by atoms with van der Waals surface area (Å²) >= 11 is 0. The third kappa shape index (κ3) is 8.68. The van der Waals surface area contributed by atoms with Gasteiger partial charge < -0.3 is 11.5 Å². The molecule has 1 atom stereocenters. The van der Waals surface area contributed by atoms with E-state index in [-0.39, 0.29) is 0 Å². The Kier molecular flexibility index (Phi) is 7.32. The van der Waals surface area contributed by atoms with Gasteiger partial charge in [-0.2, -0.15) is 0 Å². The van der Waals surface area contributed by atoms with Gasteiger partial charge >= 0.3 is 0 Å². The second-order valence-corrected chi connectivity index (χ2v) is 4.50. The van der Waals surface area contributed by atoms with Gasteiger partial charge in [0.25, 0.3) is 0 Å². The minimum Gasteiger partial charge on any atom is -0.334 e. The molecular weight excluding hydrogens is 151 g/mol. The van der Waals surface area contributed by atoms with Crippen molar-refractivity contribution in [1.29, 1.82) is 0 Å². The molecule has 5 heteroatoms. The monoisotopic (exact) mass is 164 g/mol. The Labute approximate surface area is 65.3 Å². The first-order valence-electron chi connectivity index (χ1n) is 2.97. The Morgan fingerprint density at radius 2 is 2.11 bits per heavy atom. The van der Waals surface area contributed by atoms with Crippen LogP contribution in [0.1, 0.15) is 0 Å². The Morgan fingerprint density at radius 1 is 1.44 bits per heavy atom. The van der Waals surface area contributed by atoms with Crippen molar-refractivity contribution in [3.05, 3.63) is 0 Å². The zero-order chi connectivity index (χ0) is 7.11. The van der Waals surface area contributed by atoms with E-state index in [1.807, 2.05) is 7.85 Å². The van der Waals surface area contributed by atoms with Crippen molar-refractivity contribution in [3.63, 3.8) is 0 Å². The fourth-order valence-corrected chi connectivity index (χ4v) is 2.36. The van der Waals surface area contributed by atoms with Gasteiger partial charge in [-0.05, 0) is 5.94 Å². The van der Waals surface area contributed by atoms with Crippen LogP contribution in [0.3, 0.4) is 0 Å². The van der Waals surface area contributed by atoms with Crippen LogP contribution in [0.2, 0.25) is 0 Å². The summed E-state index contributed by atoms with van der Waals surface area (Å²) in [6.45, 7) is 0.761. The van der Waals surface area contributed by atoms with E-state index < -0.39 is 0 Å². The second kappa shape index (κ2) is 6.80. The van der Waals surface area contributed by atoms with E-state index in [1.165, 1.54) is 0 Å². The zero-order valence-corrected chi connectivity index (χ0v) is 7.30. The summed E-state index contributed by atoms with van der Waals surface area (Å²) in [7, 11) is 5.60. The maximum atomic E-state index is 5.51. The van der Waals surface area contributed by atoms with E-state index in [2.05, 4.69) is 0 Å². The smallest absolute Gasteiger partial charge is 0.124 e. The molecule has 0 saturated carbocycles. The first kappa shape index (κ1) is 9.68. The normalized spacial score (nSPS) is 13.6. The molecular formula is C4H13BN2S2. The highest BCUT2D eigenvalue weighted by Crippen LogP contribution is 2.19. The highest BCUT2D eigenvalue weighted by molar-refractivity contribution is 8.76. The SMILES string of the molecule is BC(N)CSSCCN. The molecule has 0 aliphatic heterocycles. The van der Waals surface area contributed by atoms with Crippen LogP contribution >= 0.6 is 21.6 Å². The van der Waals surface area contributed by atoms with Crippen LogP contribution in [0.15, 0.2) is 0 Å². The van der Waals surface area contributed by atoms with Crippen LogP contribution in [-0.2, 0) is 0 Å². The summed E-state index contributed by atoms with van der Waals surface area (Å²) in [6.07, 6.45) is 0. The van der Waals surface area contributed by atoms with Gasteiger partial charge in [0.2, 0.25) is 0 Å². The van der Waals surface area contributed by atoms with Gasteiger partial charge in [0.1, 0.15) is 7.85 Å². The van der Waals surface area contributed by atoms with Crippen molar-refractivity contribution >= 4 is 29.4 Å². The fraction of sp³-hybridized carbons (Fsp3) is 1.00. The van der Waals surface area contributed by atoms with E-state index in [9.17, 15) is 0 Å². The van der Waals surface area contributed by atoms with Crippen molar-refractivity contribution in [1.82, 2.24) is 0 Å². The third-order valence-corrected chi connectivity index (χ3v) is 3.25. The average molecular weight is 164 g/mol. The summed E-state index contributed by atoms with van der Waals surface area (Å²) < 4.78 is 0. The van der Waals surface area contributed by atoms with Crippen LogP contribution in [0, 0.1) is 0 Å². The van der Waals surface area contributed by atoms with Crippen LogP contribution in [0.25, 0.3) is 0 Å². The first-order chi connectivity index (χ1) is 4.27. The molecule has 9 heavy (non-hydrogen) atoms. The predicted octanol–water partition coefficient (Wildman–Crippen LogP) is -0.756. The minimum atomic E-state index is 0.306. The molecule has 0 aliphatic rings. The summed E-state index contributed by atoms with van der Waals surface area (Å²) in [5, 5.41) is 0. The molecule has 0 aromatic heterocycles. The molecule has 0 bridgehead atoms. The van der Waals surface area contributed by atoms with Crippen LogP contribution < -0.4 is 11.5 Å². The molecule has 0 rings (SSSR count). The quantitative estimate of drug-likeness (QED) is 0.319. The third-order valence-electron chi connectivity index (χ3n) is 0.615. The van der Waals surface area contributed by atoms with E-state index >= 15 is 0 Å². The van der Waals surface area contributed by atoms with Crippen molar-refractivity contribution in [2.45, 2.75) is 5.94 Å². The van der Waals surface area contributed by atoms with Gasteiger partial charge in [-0.1, -0.05) is 21.6 Å². The molecule has 0 amide bonds. The summed E-state index contributed by atoms with van der Waals surface area (Å²) in [5.41, 5.74) is 10.8. The second-order valence-electron chi connectivity index (χ2n) is 1.87. The number of nitrogens with two attached hydrogens (primary N) is 2. The van der Waals surface area contributed by atoms with Gasteiger partial charge in [0.05, 0.1) is 0 Å². The molecule has 54 valence electrons. The van der Waals surface area contributed by atoms with Crippen molar-refractivity contribution in [3.8, 4) is 0 Å². The molecule has 0 aromatic rings. The molecule has 0 fully saturated rings. The molecule has 1 unspecified atom stereocenters. The molecule has 0 heterocycles. The minimum absolute atomic E-state index is 0.306. The van der Waals surface area contributed by atoms with E-state index in [0.29, 0.717) is 5.94 Å². The topological polar surface area (TPSA) is 52.0 Å². The summed E-state index contributed by atoms with van der Waals surface area (Å²) in [5.74, 6) is 2.35. The standard InChI is InChI=1S/C4H13BN2S2/c5-4(7)3-9-8-2-1-6/h4H,1-3,5-7H2. The Bertz CT molecular complexity index is 62.5. The van der Waals surface area contributed by atoms with Gasteiger partial charge in [-0.15, -0.1) is 0 Å². The van der Waals surface area contributed by atoms with Gasteiger partial charge in [0, 0.05) is 18.1 Å². The largest absolute Gasteiger partial charge is 0.334 e. The fourth-order valence-electron chi connectivity index (χ4n) is 0.262. The lowest BCUT2D eigenvalue weighted by molar-refractivity contribution is 1.05. The van der Waals surface area contributed by atoms with Crippen LogP contribution in [0.5, 0.6) is 0 Å². The Balaban J connectivity index is 2.75. The zero-order valence-electron chi connectivity index (χ0n) is 5.67. The first-order valence-corrected chi connectivity index (χ1v) is 5.46. The van der Waals surface area contributed by atoms with Crippen LogP contribution in [-0.4, -0.2) is 31.8 Å². The Hall–Kier alpha value is 0.685. The average Bonchev–Trinajstić information content (AvgIpc) is 1.80. The maximum absolute atomic E-state index is 5.51. The predicted molar refractivity (Wildman–Crippen MR) is 50.5 cm³/mol. The molecule has 0 spiro atoms. The molecule has 0 radical (unpaired) electrons. The molecule has 0 saturated heterocycles. The lowest BCUT2D eigenvalue weighted by Crippen LogP contribution is -2.21. The number of rotatable bonds is 5. The van der Waals surface area contributed by atoms with Crippen molar-refractivity contribution < 1.29 is 0 Å². The highest BCUT2D eigenvalue weighted by atomic mass is 33.1. The highest BCUT2D eigenvalue weighted by Gasteiger charge is 1.93. The van der Waals surface area contributed by atoms with Crippen molar-refractivity contribution in [2.75, 3.05) is 18.1 Å².